The highest BCUT2D eigenvalue weighted by Gasteiger charge is 2.23. The first-order valence-electron chi connectivity index (χ1n) is 9.39. The summed E-state index contributed by atoms with van der Waals surface area (Å²) in [5.41, 5.74) is 2.61. The van der Waals surface area contributed by atoms with Crippen molar-refractivity contribution >= 4 is 28.1 Å². The second-order valence-electron chi connectivity index (χ2n) is 6.92. The maximum atomic E-state index is 14.0. The van der Waals surface area contributed by atoms with E-state index in [1.54, 1.807) is 24.4 Å². The number of halogens is 1. The molecule has 3 heterocycles. The Morgan fingerprint density at radius 3 is 2.73 bits per heavy atom. The van der Waals surface area contributed by atoms with Crippen molar-refractivity contribution in [1.82, 2.24) is 4.98 Å². The third kappa shape index (κ3) is 4.41. The molecule has 30 heavy (non-hydrogen) atoms. The molecule has 1 unspecified atom stereocenters. The molecule has 0 aliphatic carbocycles. The molecule has 0 saturated carbocycles. The monoisotopic (exact) mass is 421 g/mol. The summed E-state index contributed by atoms with van der Waals surface area (Å²) in [6.45, 7) is 3.94. The lowest BCUT2D eigenvalue weighted by Gasteiger charge is -2.21. The number of furan rings is 1. The van der Waals surface area contributed by atoms with Gasteiger partial charge in [-0.25, -0.2) is 9.37 Å². The van der Waals surface area contributed by atoms with Crippen LogP contribution in [0.5, 0.6) is 0 Å². The van der Waals surface area contributed by atoms with Crippen molar-refractivity contribution < 1.29 is 13.6 Å². The summed E-state index contributed by atoms with van der Waals surface area (Å²) in [5, 5.41) is 6.99. The number of hydrogen-bond acceptors (Lipinski definition) is 5. The zero-order chi connectivity index (χ0) is 21.1. The van der Waals surface area contributed by atoms with Crippen molar-refractivity contribution in [3.63, 3.8) is 0 Å². The van der Waals surface area contributed by atoms with Crippen molar-refractivity contribution in [3.05, 3.63) is 100 Å². The number of aryl methyl sites for hydroxylation is 2. The Bertz CT molecular complexity index is 1170. The minimum atomic E-state index is -0.410. The van der Waals surface area contributed by atoms with Crippen LogP contribution >= 0.6 is 11.3 Å². The van der Waals surface area contributed by atoms with E-state index in [0.29, 0.717) is 10.8 Å². The quantitative estimate of drug-likeness (QED) is 0.404. The van der Waals surface area contributed by atoms with Gasteiger partial charge in [-0.15, -0.1) is 11.3 Å². The zero-order valence-corrected chi connectivity index (χ0v) is 17.3. The molecular formula is C23H20FN3O2S. The summed E-state index contributed by atoms with van der Waals surface area (Å²) in [4.78, 5) is 18.0. The van der Waals surface area contributed by atoms with Gasteiger partial charge in [0.25, 0.3) is 5.91 Å². The van der Waals surface area contributed by atoms with Gasteiger partial charge in [-0.1, -0.05) is 12.1 Å². The van der Waals surface area contributed by atoms with E-state index in [4.69, 9.17) is 4.42 Å². The third-order valence-electron chi connectivity index (χ3n) is 4.56. The van der Waals surface area contributed by atoms with Crippen molar-refractivity contribution in [2.24, 2.45) is 0 Å². The van der Waals surface area contributed by atoms with E-state index >= 15 is 0 Å². The highest BCUT2D eigenvalue weighted by molar-refractivity contribution is 7.16. The predicted octanol–water partition coefficient (Wildman–Crippen LogP) is 5.95. The molecule has 0 aliphatic heterocycles. The van der Waals surface area contributed by atoms with Gasteiger partial charge >= 0.3 is 0 Å². The molecule has 0 saturated heterocycles. The predicted molar refractivity (Wildman–Crippen MR) is 117 cm³/mol. The summed E-state index contributed by atoms with van der Waals surface area (Å²) in [6.07, 6.45) is 3.18. The topological polar surface area (TPSA) is 67.2 Å². The van der Waals surface area contributed by atoms with Crippen LogP contribution in [0.2, 0.25) is 0 Å². The van der Waals surface area contributed by atoms with Crippen LogP contribution in [0.4, 0.5) is 15.2 Å². The molecule has 152 valence electrons. The van der Waals surface area contributed by atoms with Crippen LogP contribution in [0.3, 0.4) is 0 Å². The zero-order valence-electron chi connectivity index (χ0n) is 16.5. The van der Waals surface area contributed by atoms with Gasteiger partial charge in [-0.2, -0.15) is 0 Å². The molecule has 3 aromatic heterocycles. The first kappa shape index (κ1) is 19.8. The van der Waals surface area contributed by atoms with E-state index in [-0.39, 0.29) is 17.5 Å². The second kappa shape index (κ2) is 8.51. The highest BCUT2D eigenvalue weighted by Crippen LogP contribution is 2.37. The third-order valence-corrected chi connectivity index (χ3v) is 5.54. The number of nitrogens with zero attached hydrogens (tertiary/aromatic N) is 1. The van der Waals surface area contributed by atoms with Gasteiger partial charge in [0, 0.05) is 16.6 Å². The van der Waals surface area contributed by atoms with E-state index in [1.165, 1.54) is 29.7 Å². The molecule has 0 aliphatic rings. The average molecular weight is 421 g/mol. The van der Waals surface area contributed by atoms with Crippen molar-refractivity contribution in [1.29, 1.82) is 0 Å². The molecule has 1 atom stereocenters. The van der Waals surface area contributed by atoms with E-state index in [1.807, 2.05) is 38.1 Å². The number of carbonyl (C=O) groups excluding carboxylic acids is 1. The fourth-order valence-corrected chi connectivity index (χ4v) is 4.15. The molecule has 0 fully saturated rings. The molecule has 4 aromatic rings. The standard InChI is InChI=1S/C23H20FN3O2S/c1-14-8-9-25-20(11-14)26-21(16-5-3-6-17(24)13-16)18-12-15(2)30-23(18)27-22(28)19-7-4-10-29-19/h3-13,21H,1-2H3,(H,25,26)(H,27,28). The molecule has 1 amide bonds. The number of pyridine rings is 1. The van der Waals surface area contributed by atoms with E-state index < -0.39 is 6.04 Å². The van der Waals surface area contributed by atoms with Gasteiger partial charge < -0.3 is 15.1 Å². The van der Waals surface area contributed by atoms with Crippen LogP contribution in [0, 0.1) is 19.7 Å². The summed E-state index contributed by atoms with van der Waals surface area (Å²) < 4.78 is 19.2. The van der Waals surface area contributed by atoms with E-state index in [9.17, 15) is 9.18 Å². The Labute approximate surface area is 177 Å². The maximum absolute atomic E-state index is 14.0. The average Bonchev–Trinajstić information content (AvgIpc) is 3.36. The molecule has 0 bridgehead atoms. The Morgan fingerprint density at radius 2 is 2.00 bits per heavy atom. The van der Waals surface area contributed by atoms with Gasteiger partial charge in [0.15, 0.2) is 5.76 Å². The first-order chi connectivity index (χ1) is 14.5. The minimum absolute atomic E-state index is 0.225. The van der Waals surface area contributed by atoms with Gasteiger partial charge in [-0.3, -0.25) is 4.79 Å². The van der Waals surface area contributed by atoms with Crippen molar-refractivity contribution in [2.75, 3.05) is 10.6 Å². The minimum Gasteiger partial charge on any atom is -0.459 e. The number of amides is 1. The van der Waals surface area contributed by atoms with Crippen LogP contribution in [0.15, 0.2) is 71.5 Å². The molecule has 1 aromatic carbocycles. The van der Waals surface area contributed by atoms with Gasteiger partial charge in [0.1, 0.15) is 16.6 Å². The summed E-state index contributed by atoms with van der Waals surface area (Å²) in [6, 6.07) is 15.1. The number of nitrogens with one attached hydrogen (secondary N) is 2. The maximum Gasteiger partial charge on any atom is 0.291 e. The summed E-state index contributed by atoms with van der Waals surface area (Å²) >= 11 is 1.45. The van der Waals surface area contributed by atoms with Crippen LogP contribution in [0.1, 0.15) is 38.2 Å². The summed E-state index contributed by atoms with van der Waals surface area (Å²) in [7, 11) is 0. The van der Waals surface area contributed by atoms with Gasteiger partial charge in [0.05, 0.1) is 12.3 Å². The molecular weight excluding hydrogens is 401 g/mol. The number of benzene rings is 1. The highest BCUT2D eigenvalue weighted by atomic mass is 32.1. The fourth-order valence-electron chi connectivity index (χ4n) is 3.21. The Morgan fingerprint density at radius 1 is 1.13 bits per heavy atom. The van der Waals surface area contributed by atoms with Crippen LogP contribution in [-0.2, 0) is 0 Å². The fraction of sp³-hybridized carbons (Fsp3) is 0.130. The van der Waals surface area contributed by atoms with E-state index in [2.05, 4.69) is 15.6 Å². The van der Waals surface area contributed by atoms with Crippen LogP contribution < -0.4 is 10.6 Å². The Balaban J connectivity index is 1.74. The van der Waals surface area contributed by atoms with Gasteiger partial charge in [-0.05, 0) is 67.4 Å². The molecule has 7 heteroatoms. The molecule has 0 spiro atoms. The van der Waals surface area contributed by atoms with Gasteiger partial charge in [0.2, 0.25) is 0 Å². The molecule has 4 rings (SSSR count). The number of rotatable bonds is 6. The Hall–Kier alpha value is -3.45. The first-order valence-corrected chi connectivity index (χ1v) is 10.2. The normalized spacial score (nSPS) is 11.8. The lowest BCUT2D eigenvalue weighted by Crippen LogP contribution is -2.17. The van der Waals surface area contributed by atoms with E-state index in [0.717, 1.165) is 21.6 Å². The number of carbonyl (C=O) groups is 1. The lowest BCUT2D eigenvalue weighted by molar-refractivity contribution is 0.0997. The number of hydrogen-bond donors (Lipinski definition) is 2. The SMILES string of the molecule is Cc1ccnc(NC(c2cccc(F)c2)c2cc(C)sc2NC(=O)c2ccco2)c1. The largest absolute Gasteiger partial charge is 0.459 e. The van der Waals surface area contributed by atoms with Crippen molar-refractivity contribution in [3.8, 4) is 0 Å². The smallest absolute Gasteiger partial charge is 0.291 e. The number of thiophene rings is 1. The second-order valence-corrected chi connectivity index (χ2v) is 8.18. The molecule has 5 nitrogen and oxygen atoms in total. The van der Waals surface area contributed by atoms with Crippen LogP contribution in [0.25, 0.3) is 0 Å². The molecule has 2 N–H and O–H groups in total. The van der Waals surface area contributed by atoms with Crippen LogP contribution in [-0.4, -0.2) is 10.9 Å². The number of aromatic nitrogens is 1. The molecule has 0 radical (unpaired) electrons. The Kier molecular flexibility index (Phi) is 5.63. The van der Waals surface area contributed by atoms with Crippen molar-refractivity contribution in [2.45, 2.75) is 19.9 Å². The summed E-state index contributed by atoms with van der Waals surface area (Å²) in [5.74, 6) is 0.221. The number of anilines is 2. The lowest BCUT2D eigenvalue weighted by atomic mass is 9.99.